The van der Waals surface area contributed by atoms with Gasteiger partial charge in [-0.3, -0.25) is 9.63 Å². The normalized spacial score (nSPS) is 14.4. The molecule has 0 radical (unpaired) electrons. The lowest BCUT2D eigenvalue weighted by molar-refractivity contribution is -0.0757. The average Bonchev–Trinajstić information content (AvgIpc) is 2.36. The highest BCUT2D eigenvalue weighted by atomic mass is 16.7. The smallest absolute Gasteiger partial charge is 0.274 e. The zero-order chi connectivity index (χ0) is 11.5. The van der Waals surface area contributed by atoms with Crippen LogP contribution in [0.25, 0.3) is 0 Å². The molecule has 86 valence electrons. The maximum atomic E-state index is 12.0. The van der Waals surface area contributed by atoms with E-state index < -0.39 is 0 Å². The molecule has 0 fully saturated rings. The van der Waals surface area contributed by atoms with Gasteiger partial charge >= 0.3 is 0 Å². The van der Waals surface area contributed by atoms with Crippen LogP contribution in [-0.4, -0.2) is 25.1 Å². The molecule has 0 aliphatic heterocycles. The Morgan fingerprint density at radius 1 is 1.31 bits per heavy atom. The van der Waals surface area contributed by atoms with Crippen molar-refractivity contribution in [3.63, 3.8) is 0 Å². The number of hydroxylamine groups is 2. The van der Waals surface area contributed by atoms with Crippen molar-refractivity contribution < 1.29 is 9.63 Å². The van der Waals surface area contributed by atoms with Crippen molar-refractivity contribution in [2.45, 2.75) is 25.7 Å². The summed E-state index contributed by atoms with van der Waals surface area (Å²) in [5.41, 5.74) is 3.32. The molecule has 0 bridgehead atoms. The van der Waals surface area contributed by atoms with Gasteiger partial charge in [0.05, 0.1) is 7.11 Å². The number of aryl methyl sites for hydroxylation is 1. The van der Waals surface area contributed by atoms with Crippen molar-refractivity contribution in [2.75, 3.05) is 14.2 Å². The molecule has 3 nitrogen and oxygen atoms in total. The molecule has 0 N–H and O–H groups in total. The molecule has 1 aliphatic carbocycles. The summed E-state index contributed by atoms with van der Waals surface area (Å²) in [6.07, 6.45) is 4.50. The van der Waals surface area contributed by atoms with E-state index in [0.717, 1.165) is 18.4 Å². The second-order valence-corrected chi connectivity index (χ2v) is 4.14. The highest BCUT2D eigenvalue weighted by molar-refractivity contribution is 5.95. The van der Waals surface area contributed by atoms with E-state index in [4.69, 9.17) is 4.84 Å². The Morgan fingerprint density at radius 2 is 2.06 bits per heavy atom. The molecule has 1 aromatic rings. The lowest BCUT2D eigenvalue weighted by Gasteiger charge is -2.21. The number of fused-ring (bicyclic) bond motifs is 1. The van der Waals surface area contributed by atoms with Crippen LogP contribution in [0.3, 0.4) is 0 Å². The standard InChI is InChI=1S/C13H17NO2/c1-14(16-2)13(15)12-9-5-7-10-6-3-4-8-11(10)12/h5,7,9H,3-4,6,8H2,1-2H3. The summed E-state index contributed by atoms with van der Waals surface area (Å²) >= 11 is 0. The molecular formula is C13H17NO2. The lowest BCUT2D eigenvalue weighted by Crippen LogP contribution is -2.27. The summed E-state index contributed by atoms with van der Waals surface area (Å²) in [6, 6.07) is 5.97. The number of carbonyl (C=O) groups is 1. The molecule has 0 aromatic heterocycles. The number of amides is 1. The van der Waals surface area contributed by atoms with Crippen molar-refractivity contribution in [3.05, 3.63) is 34.9 Å². The van der Waals surface area contributed by atoms with E-state index in [-0.39, 0.29) is 5.91 Å². The molecule has 0 spiro atoms. The van der Waals surface area contributed by atoms with Gasteiger partial charge in [0.1, 0.15) is 0 Å². The Bertz CT molecular complexity index is 401. The van der Waals surface area contributed by atoms with Gasteiger partial charge in [-0.1, -0.05) is 12.1 Å². The topological polar surface area (TPSA) is 29.5 Å². The Balaban J connectivity index is 2.37. The molecule has 1 aromatic carbocycles. The van der Waals surface area contributed by atoms with E-state index in [9.17, 15) is 4.79 Å². The second-order valence-electron chi connectivity index (χ2n) is 4.14. The van der Waals surface area contributed by atoms with Crippen LogP contribution in [0.4, 0.5) is 0 Å². The molecule has 16 heavy (non-hydrogen) atoms. The number of nitrogens with zero attached hydrogens (tertiary/aromatic N) is 1. The van der Waals surface area contributed by atoms with Gasteiger partial charge in [0.15, 0.2) is 0 Å². The largest absolute Gasteiger partial charge is 0.277 e. The number of carbonyl (C=O) groups excluding carboxylic acids is 1. The van der Waals surface area contributed by atoms with Crippen LogP contribution < -0.4 is 0 Å². The first-order valence-electron chi connectivity index (χ1n) is 5.67. The van der Waals surface area contributed by atoms with Gasteiger partial charge in [-0.2, -0.15) is 0 Å². The summed E-state index contributed by atoms with van der Waals surface area (Å²) in [6.45, 7) is 0. The minimum Gasteiger partial charge on any atom is -0.274 e. The summed E-state index contributed by atoms with van der Waals surface area (Å²) < 4.78 is 0. The SMILES string of the molecule is CON(C)C(=O)c1cccc2c1CCCC2. The molecule has 1 amide bonds. The first kappa shape index (κ1) is 11.1. The third-order valence-electron chi connectivity index (χ3n) is 3.19. The van der Waals surface area contributed by atoms with Crippen LogP contribution >= 0.6 is 0 Å². The highest BCUT2D eigenvalue weighted by Gasteiger charge is 2.19. The van der Waals surface area contributed by atoms with E-state index in [1.54, 1.807) is 7.05 Å². The Hall–Kier alpha value is -1.35. The van der Waals surface area contributed by atoms with E-state index >= 15 is 0 Å². The van der Waals surface area contributed by atoms with Gasteiger partial charge < -0.3 is 0 Å². The maximum Gasteiger partial charge on any atom is 0.277 e. The quantitative estimate of drug-likeness (QED) is 0.714. The predicted octanol–water partition coefficient (Wildman–Crippen LogP) is 2.20. The van der Waals surface area contributed by atoms with Crippen LogP contribution in [0.5, 0.6) is 0 Å². The molecule has 1 aliphatic rings. The van der Waals surface area contributed by atoms with Crippen LogP contribution in [-0.2, 0) is 17.7 Å². The summed E-state index contributed by atoms with van der Waals surface area (Å²) in [4.78, 5) is 17.0. The molecule has 0 saturated carbocycles. The molecule has 3 heteroatoms. The van der Waals surface area contributed by atoms with Gasteiger partial charge in [0, 0.05) is 12.6 Å². The van der Waals surface area contributed by atoms with Crippen molar-refractivity contribution >= 4 is 5.91 Å². The second kappa shape index (κ2) is 4.66. The van der Waals surface area contributed by atoms with Gasteiger partial charge in [-0.15, -0.1) is 0 Å². The van der Waals surface area contributed by atoms with E-state index in [1.165, 1.54) is 36.1 Å². The van der Waals surface area contributed by atoms with E-state index in [1.807, 2.05) is 12.1 Å². The Kier molecular flexibility index (Phi) is 3.25. The molecular weight excluding hydrogens is 202 g/mol. The minimum atomic E-state index is -0.0544. The van der Waals surface area contributed by atoms with Crippen LogP contribution in [0.2, 0.25) is 0 Å². The predicted molar refractivity (Wildman–Crippen MR) is 62.2 cm³/mol. The molecule has 2 rings (SSSR count). The monoisotopic (exact) mass is 219 g/mol. The number of hydrogen-bond donors (Lipinski definition) is 0. The Morgan fingerprint density at radius 3 is 2.81 bits per heavy atom. The van der Waals surface area contributed by atoms with Crippen LogP contribution in [0, 0.1) is 0 Å². The van der Waals surface area contributed by atoms with E-state index in [2.05, 4.69) is 6.07 Å². The van der Waals surface area contributed by atoms with Crippen molar-refractivity contribution in [1.29, 1.82) is 0 Å². The van der Waals surface area contributed by atoms with E-state index in [0.29, 0.717) is 0 Å². The fourth-order valence-corrected chi connectivity index (χ4v) is 2.23. The first-order chi connectivity index (χ1) is 7.74. The maximum absolute atomic E-state index is 12.0. The number of benzene rings is 1. The first-order valence-corrected chi connectivity index (χ1v) is 5.67. The van der Waals surface area contributed by atoms with Crippen molar-refractivity contribution in [1.82, 2.24) is 5.06 Å². The van der Waals surface area contributed by atoms with Crippen LogP contribution in [0.15, 0.2) is 18.2 Å². The third-order valence-corrected chi connectivity index (χ3v) is 3.19. The zero-order valence-corrected chi connectivity index (χ0v) is 9.82. The van der Waals surface area contributed by atoms with Gasteiger partial charge in [-0.05, 0) is 42.9 Å². The highest BCUT2D eigenvalue weighted by Crippen LogP contribution is 2.25. The fourth-order valence-electron chi connectivity index (χ4n) is 2.23. The fraction of sp³-hybridized carbons (Fsp3) is 0.462. The number of hydrogen-bond acceptors (Lipinski definition) is 2. The van der Waals surface area contributed by atoms with Gasteiger partial charge in [0.2, 0.25) is 0 Å². The summed E-state index contributed by atoms with van der Waals surface area (Å²) in [7, 11) is 3.15. The minimum absolute atomic E-state index is 0.0544. The van der Waals surface area contributed by atoms with Gasteiger partial charge in [0.25, 0.3) is 5.91 Å². The summed E-state index contributed by atoms with van der Waals surface area (Å²) in [5.74, 6) is -0.0544. The molecule has 0 heterocycles. The third kappa shape index (κ3) is 1.95. The molecule has 0 atom stereocenters. The Labute approximate surface area is 96.0 Å². The average molecular weight is 219 g/mol. The van der Waals surface area contributed by atoms with Crippen molar-refractivity contribution in [2.24, 2.45) is 0 Å². The number of rotatable bonds is 2. The van der Waals surface area contributed by atoms with Crippen LogP contribution in [0.1, 0.15) is 34.3 Å². The lowest BCUT2D eigenvalue weighted by atomic mass is 9.88. The molecule has 0 saturated heterocycles. The zero-order valence-electron chi connectivity index (χ0n) is 9.82. The molecule has 0 unspecified atom stereocenters. The van der Waals surface area contributed by atoms with Crippen molar-refractivity contribution in [3.8, 4) is 0 Å². The summed E-state index contributed by atoms with van der Waals surface area (Å²) in [5, 5.41) is 1.28. The van der Waals surface area contributed by atoms with Gasteiger partial charge in [-0.25, -0.2) is 5.06 Å².